The molecule has 1 saturated carbocycles. The molecule has 1 aliphatic rings. The van der Waals surface area contributed by atoms with Gasteiger partial charge in [-0.1, -0.05) is 19.1 Å². The molecule has 3 N–H and O–H groups in total. The number of hydrogen-bond donors (Lipinski definition) is 2. The van der Waals surface area contributed by atoms with Crippen LogP contribution < -0.4 is 11.1 Å². The third kappa shape index (κ3) is 3.19. The Morgan fingerprint density at radius 1 is 1.53 bits per heavy atom. The molecular weight excluding hydrogens is 228 g/mol. The van der Waals surface area contributed by atoms with Gasteiger partial charge in [-0.15, -0.1) is 0 Å². The van der Waals surface area contributed by atoms with Gasteiger partial charge in [0.15, 0.2) is 0 Å². The molecule has 0 spiro atoms. The van der Waals surface area contributed by atoms with Crippen LogP contribution in [0.3, 0.4) is 0 Å². The number of anilines is 1. The standard InChI is InChI=1S/C14H20N2S/c1-9-7-12(5-6-13(9)14(15)17)16-8-10(2)11-3-4-11/h5-7,10-11,16H,3-4,8H2,1-2H3,(H2,15,17). The lowest BCUT2D eigenvalue weighted by molar-refractivity contribution is 0.536. The summed E-state index contributed by atoms with van der Waals surface area (Å²) in [5.41, 5.74) is 8.92. The van der Waals surface area contributed by atoms with Crippen LogP contribution in [-0.4, -0.2) is 11.5 Å². The van der Waals surface area contributed by atoms with Gasteiger partial charge in [0.05, 0.1) is 0 Å². The van der Waals surface area contributed by atoms with Crippen LogP contribution in [0.4, 0.5) is 5.69 Å². The Morgan fingerprint density at radius 2 is 2.24 bits per heavy atom. The predicted octanol–water partition coefficient (Wildman–Crippen LogP) is 3.09. The van der Waals surface area contributed by atoms with Gasteiger partial charge in [0.25, 0.3) is 0 Å². The van der Waals surface area contributed by atoms with Crippen molar-refractivity contribution in [3.8, 4) is 0 Å². The Morgan fingerprint density at radius 3 is 2.76 bits per heavy atom. The molecule has 1 aromatic carbocycles. The maximum Gasteiger partial charge on any atom is 0.104 e. The third-order valence-corrected chi connectivity index (χ3v) is 3.77. The molecule has 0 heterocycles. The molecule has 1 aromatic rings. The smallest absolute Gasteiger partial charge is 0.104 e. The summed E-state index contributed by atoms with van der Waals surface area (Å²) in [5.74, 6) is 1.71. The fraction of sp³-hybridized carbons (Fsp3) is 0.500. The molecule has 92 valence electrons. The van der Waals surface area contributed by atoms with Crippen LogP contribution >= 0.6 is 12.2 Å². The second-order valence-corrected chi connectivity index (χ2v) is 5.53. The number of benzene rings is 1. The quantitative estimate of drug-likeness (QED) is 0.786. The molecule has 1 unspecified atom stereocenters. The van der Waals surface area contributed by atoms with Crippen molar-refractivity contribution in [2.45, 2.75) is 26.7 Å². The number of nitrogens with two attached hydrogens (primary N) is 1. The van der Waals surface area contributed by atoms with Crippen molar-refractivity contribution < 1.29 is 0 Å². The Labute approximate surface area is 109 Å². The number of thiocarbonyl (C=S) groups is 1. The van der Waals surface area contributed by atoms with Gasteiger partial charge in [-0.05, 0) is 55.4 Å². The van der Waals surface area contributed by atoms with E-state index >= 15 is 0 Å². The van der Waals surface area contributed by atoms with Crippen molar-refractivity contribution in [3.05, 3.63) is 29.3 Å². The molecular formula is C14H20N2S. The van der Waals surface area contributed by atoms with Crippen molar-refractivity contribution in [1.82, 2.24) is 0 Å². The van der Waals surface area contributed by atoms with Gasteiger partial charge in [-0.2, -0.15) is 0 Å². The lowest BCUT2D eigenvalue weighted by Gasteiger charge is -2.14. The van der Waals surface area contributed by atoms with E-state index in [2.05, 4.69) is 24.4 Å². The lowest BCUT2D eigenvalue weighted by Crippen LogP contribution is -2.14. The van der Waals surface area contributed by atoms with Crippen LogP contribution in [0.25, 0.3) is 0 Å². The summed E-state index contributed by atoms with van der Waals surface area (Å²) in [5, 5.41) is 3.49. The Hall–Kier alpha value is -1.09. The third-order valence-electron chi connectivity index (χ3n) is 3.55. The average Bonchev–Trinajstić information content (AvgIpc) is 3.09. The highest BCUT2D eigenvalue weighted by Crippen LogP contribution is 2.36. The summed E-state index contributed by atoms with van der Waals surface area (Å²) in [4.78, 5) is 0.473. The van der Waals surface area contributed by atoms with Gasteiger partial charge >= 0.3 is 0 Å². The number of nitrogens with one attached hydrogen (secondary N) is 1. The summed E-state index contributed by atoms with van der Waals surface area (Å²) in [7, 11) is 0. The molecule has 1 aliphatic carbocycles. The Bertz CT molecular complexity index is 424. The first-order chi connectivity index (χ1) is 8.08. The first-order valence-electron chi connectivity index (χ1n) is 6.22. The average molecular weight is 248 g/mol. The molecule has 1 fully saturated rings. The molecule has 2 nitrogen and oxygen atoms in total. The maximum absolute atomic E-state index is 5.65. The molecule has 0 aliphatic heterocycles. The SMILES string of the molecule is Cc1cc(NCC(C)C2CC2)ccc1C(N)=S. The van der Waals surface area contributed by atoms with Crippen molar-refractivity contribution in [2.75, 3.05) is 11.9 Å². The van der Waals surface area contributed by atoms with E-state index in [9.17, 15) is 0 Å². The highest BCUT2D eigenvalue weighted by atomic mass is 32.1. The molecule has 0 saturated heterocycles. The minimum atomic E-state index is 0.473. The monoisotopic (exact) mass is 248 g/mol. The van der Waals surface area contributed by atoms with Crippen molar-refractivity contribution in [3.63, 3.8) is 0 Å². The van der Waals surface area contributed by atoms with Crippen molar-refractivity contribution in [1.29, 1.82) is 0 Å². The first-order valence-corrected chi connectivity index (χ1v) is 6.63. The second-order valence-electron chi connectivity index (χ2n) is 5.09. The summed E-state index contributed by atoms with van der Waals surface area (Å²) in [6, 6.07) is 6.18. The highest BCUT2D eigenvalue weighted by molar-refractivity contribution is 7.80. The van der Waals surface area contributed by atoms with Gasteiger partial charge in [0, 0.05) is 17.8 Å². The van der Waals surface area contributed by atoms with Crippen molar-refractivity contribution >= 4 is 22.9 Å². The number of rotatable bonds is 5. The van der Waals surface area contributed by atoms with E-state index in [4.69, 9.17) is 18.0 Å². The second kappa shape index (κ2) is 5.05. The maximum atomic E-state index is 5.65. The number of hydrogen-bond acceptors (Lipinski definition) is 2. The minimum Gasteiger partial charge on any atom is -0.389 e. The minimum absolute atomic E-state index is 0.473. The predicted molar refractivity (Wildman–Crippen MR) is 77.4 cm³/mol. The zero-order chi connectivity index (χ0) is 12.4. The van der Waals surface area contributed by atoms with Crippen LogP contribution in [0.15, 0.2) is 18.2 Å². The highest BCUT2D eigenvalue weighted by Gasteiger charge is 2.27. The van der Waals surface area contributed by atoms with Crippen LogP contribution in [0, 0.1) is 18.8 Å². The molecule has 2 rings (SSSR count). The first kappa shape index (κ1) is 12.4. The van der Waals surface area contributed by atoms with Gasteiger partial charge in [0.2, 0.25) is 0 Å². The summed E-state index contributed by atoms with van der Waals surface area (Å²) < 4.78 is 0. The summed E-state index contributed by atoms with van der Waals surface area (Å²) in [6.07, 6.45) is 2.81. The van der Waals surface area contributed by atoms with Crippen LogP contribution in [0.2, 0.25) is 0 Å². The topological polar surface area (TPSA) is 38.0 Å². The summed E-state index contributed by atoms with van der Waals surface area (Å²) >= 11 is 5.00. The Balaban J connectivity index is 1.97. The van der Waals surface area contributed by atoms with E-state index in [1.54, 1.807) is 0 Å². The fourth-order valence-corrected chi connectivity index (χ4v) is 2.39. The molecule has 17 heavy (non-hydrogen) atoms. The van der Waals surface area contributed by atoms with E-state index in [0.29, 0.717) is 4.99 Å². The van der Waals surface area contributed by atoms with Gasteiger partial charge in [-0.25, -0.2) is 0 Å². The largest absolute Gasteiger partial charge is 0.389 e. The van der Waals surface area contributed by atoms with E-state index in [1.807, 2.05) is 13.0 Å². The zero-order valence-electron chi connectivity index (χ0n) is 10.5. The zero-order valence-corrected chi connectivity index (χ0v) is 11.3. The molecule has 1 atom stereocenters. The number of aryl methyl sites for hydroxylation is 1. The molecule has 0 aromatic heterocycles. The molecule has 3 heteroatoms. The van der Waals surface area contributed by atoms with Crippen molar-refractivity contribution in [2.24, 2.45) is 17.6 Å². The van der Waals surface area contributed by atoms with E-state index in [0.717, 1.165) is 35.2 Å². The summed E-state index contributed by atoms with van der Waals surface area (Å²) in [6.45, 7) is 5.42. The fourth-order valence-electron chi connectivity index (χ4n) is 2.16. The van der Waals surface area contributed by atoms with Crippen LogP contribution in [-0.2, 0) is 0 Å². The van der Waals surface area contributed by atoms with Crippen LogP contribution in [0.1, 0.15) is 30.9 Å². The van der Waals surface area contributed by atoms with Gasteiger partial charge in [-0.3, -0.25) is 0 Å². The van der Waals surface area contributed by atoms with E-state index in [-0.39, 0.29) is 0 Å². The normalized spacial score (nSPS) is 16.6. The molecule has 0 bridgehead atoms. The van der Waals surface area contributed by atoms with Gasteiger partial charge < -0.3 is 11.1 Å². The van der Waals surface area contributed by atoms with E-state index in [1.165, 1.54) is 12.8 Å². The Kier molecular flexibility index (Phi) is 3.67. The molecule has 0 amide bonds. The van der Waals surface area contributed by atoms with E-state index < -0.39 is 0 Å². The van der Waals surface area contributed by atoms with Gasteiger partial charge in [0.1, 0.15) is 4.99 Å². The van der Waals surface area contributed by atoms with Crippen LogP contribution in [0.5, 0.6) is 0 Å². The lowest BCUT2D eigenvalue weighted by atomic mass is 10.1. The molecule has 0 radical (unpaired) electrons.